The summed E-state index contributed by atoms with van der Waals surface area (Å²) in [6, 6.07) is 50.3. The van der Waals surface area contributed by atoms with Gasteiger partial charge in [0.25, 0.3) is 0 Å². The maximum Gasteiger partial charge on any atom is 0.135 e. The molecule has 0 aliphatic carbocycles. The molecule has 0 unspecified atom stereocenters. The first-order chi connectivity index (χ1) is 20.1. The maximum atomic E-state index is 6.30. The van der Waals surface area contributed by atoms with E-state index in [2.05, 4.69) is 151 Å². The van der Waals surface area contributed by atoms with Gasteiger partial charge in [-0.15, -0.1) is 0 Å². The van der Waals surface area contributed by atoms with Gasteiger partial charge in [0.1, 0.15) is 19.2 Å². The van der Waals surface area contributed by atoms with Crippen molar-refractivity contribution in [1.29, 1.82) is 0 Å². The lowest BCUT2D eigenvalue weighted by atomic mass is 10.0. The molecule has 0 amide bonds. The second-order valence-electron chi connectivity index (χ2n) is 11.4. The third-order valence-corrected chi connectivity index (χ3v) is 12.2. The SMILES string of the molecule is C[Si]1(C)c2cc(N(c3ccccc3)c3ccc(-c4ccccc4)cc3)ccc2-c2cc3c(cc21)oc1ccccc13. The van der Waals surface area contributed by atoms with Crippen LogP contribution in [0.1, 0.15) is 0 Å². The minimum absolute atomic E-state index is 0.956. The van der Waals surface area contributed by atoms with Gasteiger partial charge < -0.3 is 9.32 Å². The molecule has 2 heterocycles. The first-order valence-corrected chi connectivity index (χ1v) is 17.2. The summed E-state index contributed by atoms with van der Waals surface area (Å²) in [6.07, 6.45) is 0. The Hall–Kier alpha value is -4.86. The lowest BCUT2D eigenvalue weighted by molar-refractivity contribution is 0.669. The average Bonchev–Trinajstić information content (AvgIpc) is 3.49. The molecule has 0 spiro atoms. The summed E-state index contributed by atoms with van der Waals surface area (Å²) in [5.41, 5.74) is 10.6. The zero-order valence-corrected chi connectivity index (χ0v) is 24.1. The van der Waals surface area contributed by atoms with E-state index in [4.69, 9.17) is 4.42 Å². The Bertz CT molecular complexity index is 2060. The van der Waals surface area contributed by atoms with Crippen molar-refractivity contribution in [3.05, 3.63) is 140 Å². The Kier molecular flexibility index (Phi) is 5.31. The van der Waals surface area contributed by atoms with Crippen molar-refractivity contribution >= 4 is 57.4 Å². The van der Waals surface area contributed by atoms with E-state index in [0.29, 0.717) is 0 Å². The van der Waals surface area contributed by atoms with E-state index in [9.17, 15) is 0 Å². The molecule has 0 N–H and O–H groups in total. The first-order valence-electron chi connectivity index (χ1n) is 14.2. The molecule has 3 heteroatoms. The first kappa shape index (κ1) is 24.0. The molecule has 2 nitrogen and oxygen atoms in total. The number of anilines is 3. The molecule has 8 rings (SSSR count). The number of nitrogens with zero attached hydrogens (tertiary/aromatic N) is 1. The van der Waals surface area contributed by atoms with Crippen molar-refractivity contribution < 1.29 is 4.42 Å². The molecular weight excluding hydrogens is 515 g/mol. The fraction of sp³-hybridized carbons (Fsp3) is 0.0526. The van der Waals surface area contributed by atoms with Crippen LogP contribution < -0.4 is 15.3 Å². The number of furan rings is 1. The van der Waals surface area contributed by atoms with E-state index in [-0.39, 0.29) is 0 Å². The number of benzene rings is 6. The van der Waals surface area contributed by atoms with Gasteiger partial charge in [-0.05, 0) is 87.2 Å². The summed E-state index contributed by atoms with van der Waals surface area (Å²) in [5, 5.41) is 5.31. The van der Waals surface area contributed by atoms with Gasteiger partial charge in [-0.1, -0.05) is 98.0 Å². The van der Waals surface area contributed by atoms with Crippen LogP contribution in [0.3, 0.4) is 0 Å². The van der Waals surface area contributed by atoms with Gasteiger partial charge in [0.05, 0.1) is 0 Å². The second-order valence-corrected chi connectivity index (χ2v) is 15.8. The van der Waals surface area contributed by atoms with Gasteiger partial charge >= 0.3 is 0 Å². The molecule has 1 aromatic heterocycles. The monoisotopic (exact) mass is 543 g/mol. The molecule has 41 heavy (non-hydrogen) atoms. The summed E-state index contributed by atoms with van der Waals surface area (Å²) < 4.78 is 6.30. The smallest absolute Gasteiger partial charge is 0.135 e. The van der Waals surface area contributed by atoms with Gasteiger partial charge in [0.2, 0.25) is 0 Å². The highest BCUT2D eigenvalue weighted by Gasteiger charge is 2.38. The van der Waals surface area contributed by atoms with E-state index >= 15 is 0 Å². The summed E-state index contributed by atoms with van der Waals surface area (Å²) in [5.74, 6) is 0. The van der Waals surface area contributed by atoms with E-state index in [0.717, 1.165) is 22.5 Å². The fourth-order valence-corrected chi connectivity index (χ4v) is 9.60. The van der Waals surface area contributed by atoms with E-state index < -0.39 is 8.07 Å². The fourth-order valence-electron chi connectivity index (χ4n) is 6.54. The predicted molar refractivity (Wildman–Crippen MR) is 176 cm³/mol. The highest BCUT2D eigenvalue weighted by atomic mass is 28.3. The van der Waals surface area contributed by atoms with Crippen LogP contribution in [0.5, 0.6) is 0 Å². The van der Waals surface area contributed by atoms with Gasteiger partial charge in [0, 0.05) is 27.8 Å². The molecule has 0 bridgehead atoms. The molecule has 1 aliphatic heterocycles. The molecule has 7 aromatic rings. The molecule has 0 saturated carbocycles. The van der Waals surface area contributed by atoms with Crippen molar-refractivity contribution in [2.24, 2.45) is 0 Å². The quantitative estimate of drug-likeness (QED) is 0.206. The third kappa shape index (κ3) is 3.77. The standard InChI is InChI=1S/C38H29NOSi/c1-41(2)37-23-30(21-22-32(37)34-24-33-31-15-9-10-16-35(31)40-36(33)25-38(34)41)39(28-13-7-4-8-14-28)29-19-17-27(18-20-29)26-11-5-3-6-12-26/h3-25H,1-2H3. The number of para-hydroxylation sites is 2. The van der Waals surface area contributed by atoms with Crippen molar-refractivity contribution in [2.45, 2.75) is 13.1 Å². The molecular formula is C38H29NOSi. The van der Waals surface area contributed by atoms with Gasteiger partial charge in [-0.2, -0.15) is 0 Å². The van der Waals surface area contributed by atoms with Gasteiger partial charge in [-0.3, -0.25) is 0 Å². The van der Waals surface area contributed by atoms with Crippen LogP contribution >= 0.6 is 0 Å². The van der Waals surface area contributed by atoms with Crippen LogP contribution in [0.4, 0.5) is 17.1 Å². The molecule has 0 radical (unpaired) electrons. The Morgan fingerprint density at radius 3 is 1.85 bits per heavy atom. The van der Waals surface area contributed by atoms with E-state index in [1.807, 2.05) is 6.07 Å². The number of hydrogen-bond acceptors (Lipinski definition) is 2. The predicted octanol–water partition coefficient (Wildman–Crippen LogP) is 9.53. The summed E-state index contributed by atoms with van der Waals surface area (Å²) in [4.78, 5) is 2.38. The van der Waals surface area contributed by atoms with Gasteiger partial charge in [0.15, 0.2) is 0 Å². The molecule has 196 valence electrons. The minimum Gasteiger partial charge on any atom is -0.456 e. The van der Waals surface area contributed by atoms with Crippen molar-refractivity contribution in [1.82, 2.24) is 0 Å². The zero-order valence-electron chi connectivity index (χ0n) is 23.1. The maximum absolute atomic E-state index is 6.30. The highest BCUT2D eigenvalue weighted by Crippen LogP contribution is 2.40. The topological polar surface area (TPSA) is 16.4 Å². The van der Waals surface area contributed by atoms with Crippen LogP contribution in [-0.4, -0.2) is 8.07 Å². The van der Waals surface area contributed by atoms with Crippen LogP contribution in [-0.2, 0) is 0 Å². The number of hydrogen-bond donors (Lipinski definition) is 0. The van der Waals surface area contributed by atoms with Crippen molar-refractivity contribution in [3.8, 4) is 22.3 Å². The molecule has 0 fully saturated rings. The van der Waals surface area contributed by atoms with Crippen molar-refractivity contribution in [2.75, 3.05) is 4.90 Å². The van der Waals surface area contributed by atoms with Gasteiger partial charge in [-0.25, -0.2) is 0 Å². The summed E-state index contributed by atoms with van der Waals surface area (Å²) in [6.45, 7) is 4.94. The number of rotatable bonds is 4. The minimum atomic E-state index is -1.97. The Morgan fingerprint density at radius 1 is 0.463 bits per heavy atom. The molecule has 0 atom stereocenters. The summed E-state index contributed by atoms with van der Waals surface area (Å²) >= 11 is 0. The van der Waals surface area contributed by atoms with Crippen molar-refractivity contribution in [3.63, 3.8) is 0 Å². The Labute approximate surface area is 241 Å². The lowest BCUT2D eigenvalue weighted by Gasteiger charge is -2.27. The second kappa shape index (κ2) is 9.08. The molecule has 6 aromatic carbocycles. The highest BCUT2D eigenvalue weighted by molar-refractivity contribution is 7.04. The summed E-state index contributed by atoms with van der Waals surface area (Å²) in [7, 11) is -1.97. The largest absolute Gasteiger partial charge is 0.456 e. The molecule has 1 aliphatic rings. The number of fused-ring (bicyclic) bond motifs is 6. The van der Waals surface area contributed by atoms with Crippen LogP contribution in [0.15, 0.2) is 144 Å². The van der Waals surface area contributed by atoms with Crippen LogP contribution in [0, 0.1) is 0 Å². The normalized spacial score (nSPS) is 13.3. The Morgan fingerprint density at radius 2 is 1.07 bits per heavy atom. The zero-order chi connectivity index (χ0) is 27.6. The third-order valence-electron chi connectivity index (χ3n) is 8.66. The lowest BCUT2D eigenvalue weighted by Crippen LogP contribution is -2.49. The molecule has 0 saturated heterocycles. The van der Waals surface area contributed by atoms with E-state index in [1.165, 1.54) is 49.1 Å². The van der Waals surface area contributed by atoms with Crippen LogP contribution in [0.2, 0.25) is 13.1 Å². The average molecular weight is 544 g/mol. The Balaban J connectivity index is 1.26. The van der Waals surface area contributed by atoms with Crippen LogP contribution in [0.25, 0.3) is 44.2 Å². The van der Waals surface area contributed by atoms with E-state index in [1.54, 1.807) is 0 Å².